The van der Waals surface area contributed by atoms with Crippen molar-refractivity contribution >= 4 is 15.7 Å². The highest BCUT2D eigenvalue weighted by molar-refractivity contribution is 7.92. The maximum absolute atomic E-state index is 12.1. The fourth-order valence-electron chi connectivity index (χ4n) is 1.55. The van der Waals surface area contributed by atoms with Gasteiger partial charge in [0.2, 0.25) is 0 Å². The molecule has 0 aliphatic heterocycles. The van der Waals surface area contributed by atoms with Gasteiger partial charge in [0, 0.05) is 0 Å². The van der Waals surface area contributed by atoms with Crippen LogP contribution in [0.4, 0.5) is 5.69 Å². The lowest BCUT2D eigenvalue weighted by Gasteiger charge is -2.09. The van der Waals surface area contributed by atoms with E-state index in [2.05, 4.69) is 4.72 Å². The summed E-state index contributed by atoms with van der Waals surface area (Å²) in [7, 11) is -3.67. The Kier molecular flexibility index (Phi) is 3.25. The molecule has 2 N–H and O–H groups in total. The minimum Gasteiger partial charge on any atom is -0.506 e. The molecule has 0 amide bonds. The smallest absolute Gasteiger partial charge is 0.262 e. The van der Waals surface area contributed by atoms with Crippen molar-refractivity contribution in [2.45, 2.75) is 11.8 Å². The molecule has 0 spiro atoms. The second kappa shape index (κ2) is 4.70. The van der Waals surface area contributed by atoms with Crippen LogP contribution < -0.4 is 4.72 Å². The molecule has 94 valence electrons. The highest BCUT2D eigenvalue weighted by atomic mass is 32.2. The van der Waals surface area contributed by atoms with Gasteiger partial charge in [-0.05, 0) is 36.8 Å². The third-order valence-electron chi connectivity index (χ3n) is 2.45. The number of aryl methyl sites for hydroxylation is 1. The second-order valence-corrected chi connectivity index (χ2v) is 5.62. The molecule has 0 aromatic heterocycles. The van der Waals surface area contributed by atoms with Gasteiger partial charge in [-0.3, -0.25) is 4.72 Å². The zero-order chi connectivity index (χ0) is 13.2. The van der Waals surface area contributed by atoms with Gasteiger partial charge in [0.25, 0.3) is 10.0 Å². The summed E-state index contributed by atoms with van der Waals surface area (Å²) in [5.74, 6) is -0.103. The molecular formula is C13H13NO3S. The number of aromatic hydroxyl groups is 1. The number of hydrogen-bond donors (Lipinski definition) is 2. The molecule has 0 heterocycles. The molecule has 18 heavy (non-hydrogen) atoms. The molecule has 0 saturated heterocycles. The molecule has 0 fully saturated rings. The van der Waals surface area contributed by atoms with Crippen LogP contribution in [0.2, 0.25) is 0 Å². The molecule has 0 radical (unpaired) electrons. The van der Waals surface area contributed by atoms with E-state index < -0.39 is 10.0 Å². The molecule has 4 nitrogen and oxygen atoms in total. The van der Waals surface area contributed by atoms with Crippen molar-refractivity contribution in [3.05, 3.63) is 54.1 Å². The van der Waals surface area contributed by atoms with Gasteiger partial charge < -0.3 is 5.11 Å². The Hall–Kier alpha value is -2.01. The van der Waals surface area contributed by atoms with E-state index in [1.807, 2.05) is 13.0 Å². The Balaban J connectivity index is 2.37. The number of nitrogens with one attached hydrogen (secondary N) is 1. The van der Waals surface area contributed by atoms with Gasteiger partial charge in [0.15, 0.2) is 0 Å². The van der Waals surface area contributed by atoms with Crippen LogP contribution in [-0.4, -0.2) is 13.5 Å². The van der Waals surface area contributed by atoms with E-state index in [4.69, 9.17) is 0 Å². The van der Waals surface area contributed by atoms with Crippen LogP contribution in [0.3, 0.4) is 0 Å². The monoisotopic (exact) mass is 263 g/mol. The Morgan fingerprint density at radius 2 is 1.78 bits per heavy atom. The van der Waals surface area contributed by atoms with Gasteiger partial charge in [-0.25, -0.2) is 8.42 Å². The molecule has 0 unspecified atom stereocenters. The van der Waals surface area contributed by atoms with E-state index in [0.29, 0.717) is 0 Å². The Morgan fingerprint density at radius 3 is 2.44 bits per heavy atom. The molecule has 2 rings (SSSR count). The number of phenols is 1. The summed E-state index contributed by atoms with van der Waals surface area (Å²) in [6.45, 7) is 1.82. The lowest BCUT2D eigenvalue weighted by Crippen LogP contribution is -2.13. The number of sulfonamides is 1. The number of phenolic OH excluding ortho intramolecular Hbond substituents is 1. The third kappa shape index (κ3) is 2.62. The quantitative estimate of drug-likeness (QED) is 0.836. The predicted octanol–water partition coefficient (Wildman–Crippen LogP) is 2.50. The summed E-state index contributed by atoms with van der Waals surface area (Å²) in [6.07, 6.45) is 0. The van der Waals surface area contributed by atoms with Gasteiger partial charge >= 0.3 is 0 Å². The summed E-state index contributed by atoms with van der Waals surface area (Å²) in [5.41, 5.74) is 1.02. The van der Waals surface area contributed by atoms with Crippen molar-refractivity contribution in [3.63, 3.8) is 0 Å². The van der Waals surface area contributed by atoms with Crippen LogP contribution >= 0.6 is 0 Å². The molecule has 0 aliphatic carbocycles. The largest absolute Gasteiger partial charge is 0.506 e. The van der Waals surface area contributed by atoms with E-state index in [0.717, 1.165) is 5.56 Å². The van der Waals surface area contributed by atoms with Crippen molar-refractivity contribution in [2.75, 3.05) is 4.72 Å². The SMILES string of the molecule is Cc1cccc(S(=O)(=O)Nc2ccccc2O)c1. The summed E-state index contributed by atoms with van der Waals surface area (Å²) in [4.78, 5) is 0.172. The zero-order valence-electron chi connectivity index (χ0n) is 9.79. The Morgan fingerprint density at radius 1 is 1.06 bits per heavy atom. The van der Waals surface area contributed by atoms with Crippen LogP contribution in [0.15, 0.2) is 53.4 Å². The first-order valence-corrected chi connectivity index (χ1v) is 6.85. The van der Waals surface area contributed by atoms with E-state index >= 15 is 0 Å². The normalized spacial score (nSPS) is 11.2. The van der Waals surface area contributed by atoms with Gasteiger partial charge in [0.1, 0.15) is 5.75 Å². The lowest BCUT2D eigenvalue weighted by molar-refractivity contribution is 0.477. The maximum atomic E-state index is 12.1. The number of anilines is 1. The molecule has 2 aromatic rings. The van der Waals surface area contributed by atoms with Crippen molar-refractivity contribution in [3.8, 4) is 5.75 Å². The summed E-state index contributed by atoms with van der Waals surface area (Å²) < 4.78 is 26.5. The zero-order valence-corrected chi connectivity index (χ0v) is 10.6. The highest BCUT2D eigenvalue weighted by Crippen LogP contribution is 2.25. The van der Waals surface area contributed by atoms with E-state index in [-0.39, 0.29) is 16.3 Å². The Labute approximate surface area is 106 Å². The van der Waals surface area contributed by atoms with E-state index in [9.17, 15) is 13.5 Å². The molecule has 5 heteroatoms. The van der Waals surface area contributed by atoms with Crippen LogP contribution in [0, 0.1) is 6.92 Å². The average molecular weight is 263 g/mol. The fraction of sp³-hybridized carbons (Fsp3) is 0.0769. The second-order valence-electron chi connectivity index (χ2n) is 3.94. The minimum absolute atomic E-state index is 0.103. The first kappa shape index (κ1) is 12.4. The summed E-state index contributed by atoms with van der Waals surface area (Å²) >= 11 is 0. The van der Waals surface area contributed by atoms with Crippen molar-refractivity contribution in [1.29, 1.82) is 0 Å². The Bertz CT molecular complexity index is 665. The lowest BCUT2D eigenvalue weighted by atomic mass is 10.2. The summed E-state index contributed by atoms with van der Waals surface area (Å²) in [5, 5.41) is 9.55. The molecule has 0 bridgehead atoms. The standard InChI is InChI=1S/C13H13NO3S/c1-10-5-4-6-11(9-10)18(16,17)14-12-7-2-3-8-13(12)15/h2-9,14-15H,1H3. The molecule has 0 saturated carbocycles. The van der Waals surface area contributed by atoms with Crippen molar-refractivity contribution in [1.82, 2.24) is 0 Å². The van der Waals surface area contributed by atoms with Crippen LogP contribution in [-0.2, 0) is 10.0 Å². The van der Waals surface area contributed by atoms with Crippen molar-refractivity contribution < 1.29 is 13.5 Å². The molecule has 0 aliphatic rings. The molecule has 2 aromatic carbocycles. The third-order valence-corrected chi connectivity index (χ3v) is 3.81. The number of hydrogen-bond acceptors (Lipinski definition) is 3. The maximum Gasteiger partial charge on any atom is 0.262 e. The minimum atomic E-state index is -3.67. The van der Waals surface area contributed by atoms with Gasteiger partial charge in [-0.15, -0.1) is 0 Å². The highest BCUT2D eigenvalue weighted by Gasteiger charge is 2.15. The number of rotatable bonds is 3. The predicted molar refractivity (Wildman–Crippen MR) is 70.1 cm³/mol. The van der Waals surface area contributed by atoms with Gasteiger partial charge in [-0.2, -0.15) is 0 Å². The van der Waals surface area contributed by atoms with E-state index in [1.165, 1.54) is 18.2 Å². The van der Waals surface area contributed by atoms with Gasteiger partial charge in [0.05, 0.1) is 10.6 Å². The average Bonchev–Trinajstić information content (AvgIpc) is 2.32. The topological polar surface area (TPSA) is 66.4 Å². The first-order chi connectivity index (χ1) is 8.49. The van der Waals surface area contributed by atoms with Crippen LogP contribution in [0.5, 0.6) is 5.75 Å². The first-order valence-electron chi connectivity index (χ1n) is 5.36. The van der Waals surface area contributed by atoms with E-state index in [1.54, 1.807) is 24.3 Å². The number of para-hydroxylation sites is 2. The molecular weight excluding hydrogens is 250 g/mol. The van der Waals surface area contributed by atoms with Crippen LogP contribution in [0.1, 0.15) is 5.56 Å². The number of benzene rings is 2. The molecule has 0 atom stereocenters. The summed E-state index contributed by atoms with van der Waals surface area (Å²) in [6, 6.07) is 12.8. The van der Waals surface area contributed by atoms with Gasteiger partial charge in [-0.1, -0.05) is 24.3 Å². The van der Waals surface area contributed by atoms with Crippen molar-refractivity contribution in [2.24, 2.45) is 0 Å². The van der Waals surface area contributed by atoms with Crippen LogP contribution in [0.25, 0.3) is 0 Å². The fourth-order valence-corrected chi connectivity index (χ4v) is 2.72.